The lowest BCUT2D eigenvalue weighted by molar-refractivity contribution is 0.199. The second kappa shape index (κ2) is 9.08. The van der Waals surface area contributed by atoms with Crippen LogP contribution in [0.2, 0.25) is 0 Å². The van der Waals surface area contributed by atoms with Crippen LogP contribution in [0.1, 0.15) is 25.2 Å². The average molecular weight is 254 g/mol. The van der Waals surface area contributed by atoms with E-state index < -0.39 is 0 Å². The molecule has 1 heterocycles. The van der Waals surface area contributed by atoms with Gasteiger partial charge in [0.15, 0.2) is 0 Å². The van der Waals surface area contributed by atoms with Crippen molar-refractivity contribution < 1.29 is 4.74 Å². The molecule has 0 aliphatic rings. The van der Waals surface area contributed by atoms with Gasteiger partial charge in [-0.2, -0.15) is 5.10 Å². The second-order valence-corrected chi connectivity index (χ2v) is 4.22. The molecule has 1 aromatic rings. The molecule has 18 heavy (non-hydrogen) atoms. The van der Waals surface area contributed by atoms with Gasteiger partial charge in [0.2, 0.25) is 0 Å². The van der Waals surface area contributed by atoms with E-state index in [1.54, 1.807) is 7.11 Å². The molecule has 0 fully saturated rings. The summed E-state index contributed by atoms with van der Waals surface area (Å²) >= 11 is 0. The zero-order chi connectivity index (χ0) is 13.2. The van der Waals surface area contributed by atoms with E-state index in [0.29, 0.717) is 0 Å². The van der Waals surface area contributed by atoms with E-state index in [-0.39, 0.29) is 0 Å². The first-order chi connectivity index (χ1) is 8.81. The van der Waals surface area contributed by atoms with Gasteiger partial charge in [-0.05, 0) is 19.4 Å². The Bertz CT molecular complexity index is 325. The Kier molecular flexibility index (Phi) is 7.64. The smallest absolute Gasteiger partial charge is 0.0625 e. The first-order valence-corrected chi connectivity index (χ1v) is 6.77. The van der Waals surface area contributed by atoms with Gasteiger partial charge in [0.1, 0.15) is 0 Å². The number of rotatable bonds is 10. The summed E-state index contributed by atoms with van der Waals surface area (Å²) in [4.78, 5) is 0. The van der Waals surface area contributed by atoms with E-state index in [1.807, 2.05) is 0 Å². The monoisotopic (exact) mass is 254 g/mol. The van der Waals surface area contributed by atoms with Crippen molar-refractivity contribution in [3.8, 4) is 0 Å². The van der Waals surface area contributed by atoms with Crippen LogP contribution in [0.4, 0.5) is 0 Å². The van der Waals surface area contributed by atoms with E-state index in [0.717, 1.165) is 45.8 Å². The Labute approximate surface area is 110 Å². The van der Waals surface area contributed by atoms with Gasteiger partial charge in [-0.1, -0.05) is 6.92 Å². The number of aryl methyl sites for hydroxylation is 2. The average Bonchev–Trinajstić information content (AvgIpc) is 2.80. The van der Waals surface area contributed by atoms with E-state index in [4.69, 9.17) is 4.74 Å². The molecular weight excluding hydrogens is 228 g/mol. The highest BCUT2D eigenvalue weighted by molar-refractivity contribution is 5.10. The highest BCUT2D eigenvalue weighted by atomic mass is 16.5. The van der Waals surface area contributed by atoms with E-state index in [1.165, 1.54) is 11.4 Å². The van der Waals surface area contributed by atoms with Crippen LogP contribution in [0.5, 0.6) is 0 Å². The summed E-state index contributed by atoms with van der Waals surface area (Å²) in [5, 5.41) is 11.3. The molecule has 0 aliphatic carbocycles. The quantitative estimate of drug-likeness (QED) is 0.606. The van der Waals surface area contributed by atoms with Gasteiger partial charge in [0.25, 0.3) is 0 Å². The third-order valence-electron chi connectivity index (χ3n) is 2.84. The molecule has 0 saturated heterocycles. The molecule has 0 spiro atoms. The van der Waals surface area contributed by atoms with Gasteiger partial charge in [-0.3, -0.25) is 4.68 Å². The molecule has 0 aromatic carbocycles. The van der Waals surface area contributed by atoms with Gasteiger partial charge >= 0.3 is 0 Å². The predicted octanol–water partition coefficient (Wildman–Crippen LogP) is 0.791. The van der Waals surface area contributed by atoms with Crippen molar-refractivity contribution in [1.29, 1.82) is 0 Å². The number of methoxy groups -OCH3 is 1. The number of hydrogen-bond donors (Lipinski definition) is 2. The predicted molar refractivity (Wildman–Crippen MR) is 73.7 cm³/mol. The topological polar surface area (TPSA) is 51.1 Å². The third kappa shape index (κ3) is 5.16. The highest BCUT2D eigenvalue weighted by Crippen LogP contribution is 2.04. The van der Waals surface area contributed by atoms with E-state index >= 15 is 0 Å². The van der Waals surface area contributed by atoms with Crippen molar-refractivity contribution >= 4 is 0 Å². The largest absolute Gasteiger partial charge is 0.383 e. The third-order valence-corrected chi connectivity index (χ3v) is 2.84. The lowest BCUT2D eigenvalue weighted by atomic mass is 10.3. The number of nitrogens with one attached hydrogen (secondary N) is 2. The molecule has 0 bridgehead atoms. The molecule has 5 nitrogen and oxygen atoms in total. The maximum atomic E-state index is 4.97. The molecule has 5 heteroatoms. The van der Waals surface area contributed by atoms with Gasteiger partial charge < -0.3 is 15.4 Å². The van der Waals surface area contributed by atoms with Crippen molar-refractivity contribution in [2.24, 2.45) is 0 Å². The lowest BCUT2D eigenvalue weighted by Gasteiger charge is -2.07. The number of hydrogen-bond acceptors (Lipinski definition) is 4. The maximum Gasteiger partial charge on any atom is 0.0625 e. The molecule has 0 saturated carbocycles. The molecule has 0 atom stereocenters. The molecule has 104 valence electrons. The van der Waals surface area contributed by atoms with Gasteiger partial charge in [-0.25, -0.2) is 0 Å². The van der Waals surface area contributed by atoms with Gasteiger partial charge in [0, 0.05) is 39.8 Å². The van der Waals surface area contributed by atoms with Crippen LogP contribution in [0.25, 0.3) is 0 Å². The summed E-state index contributed by atoms with van der Waals surface area (Å²) in [6, 6.07) is 2.19. The number of nitrogens with zero attached hydrogens (tertiary/aromatic N) is 2. The maximum absolute atomic E-state index is 4.97. The van der Waals surface area contributed by atoms with Gasteiger partial charge in [-0.15, -0.1) is 0 Å². The summed E-state index contributed by atoms with van der Waals surface area (Å²) in [6.45, 7) is 9.68. The molecule has 1 aromatic heterocycles. The fourth-order valence-corrected chi connectivity index (χ4v) is 1.80. The fourth-order valence-electron chi connectivity index (χ4n) is 1.80. The molecule has 0 amide bonds. The van der Waals surface area contributed by atoms with E-state index in [9.17, 15) is 0 Å². The fraction of sp³-hybridized carbons (Fsp3) is 0.769. The summed E-state index contributed by atoms with van der Waals surface area (Å²) in [6.07, 6.45) is 0.999. The normalized spacial score (nSPS) is 11.1. The van der Waals surface area contributed by atoms with Crippen molar-refractivity contribution in [2.75, 3.05) is 33.4 Å². The lowest BCUT2D eigenvalue weighted by Crippen LogP contribution is -2.29. The summed E-state index contributed by atoms with van der Waals surface area (Å²) in [7, 11) is 1.72. The number of aromatic nitrogens is 2. The van der Waals surface area contributed by atoms with Crippen LogP contribution in [0.3, 0.4) is 0 Å². The van der Waals surface area contributed by atoms with E-state index in [2.05, 4.69) is 40.3 Å². The molecule has 0 aliphatic heterocycles. The highest BCUT2D eigenvalue weighted by Gasteiger charge is 2.04. The van der Waals surface area contributed by atoms with Crippen LogP contribution in [-0.4, -0.2) is 43.1 Å². The van der Waals surface area contributed by atoms with Crippen molar-refractivity contribution in [2.45, 2.75) is 33.4 Å². The Morgan fingerprint density at radius 3 is 2.67 bits per heavy atom. The Morgan fingerprint density at radius 2 is 2.00 bits per heavy atom. The van der Waals surface area contributed by atoms with Crippen LogP contribution >= 0.6 is 0 Å². The van der Waals surface area contributed by atoms with Gasteiger partial charge in [0.05, 0.1) is 18.0 Å². The van der Waals surface area contributed by atoms with Crippen molar-refractivity contribution in [3.05, 3.63) is 17.5 Å². The first kappa shape index (κ1) is 15.1. The Morgan fingerprint density at radius 1 is 1.22 bits per heavy atom. The Balaban J connectivity index is 2.20. The summed E-state index contributed by atoms with van der Waals surface area (Å²) < 4.78 is 7.04. The molecule has 0 radical (unpaired) electrons. The molecule has 2 N–H and O–H groups in total. The van der Waals surface area contributed by atoms with Crippen molar-refractivity contribution in [3.63, 3.8) is 0 Å². The molecule has 0 unspecified atom stereocenters. The van der Waals surface area contributed by atoms with Crippen LogP contribution in [0.15, 0.2) is 6.07 Å². The van der Waals surface area contributed by atoms with Crippen LogP contribution in [0, 0.1) is 0 Å². The Hall–Kier alpha value is -0.910. The minimum Gasteiger partial charge on any atom is -0.383 e. The van der Waals surface area contributed by atoms with Crippen LogP contribution in [-0.2, 0) is 24.2 Å². The molecule has 1 rings (SSSR count). The number of ether oxygens (including phenoxy) is 1. The standard InChI is InChI=1S/C13H26N4O/c1-4-12-10-13(17(5-2)16-12)11-15-7-6-14-8-9-18-3/h10,14-15H,4-9,11H2,1-3H3. The van der Waals surface area contributed by atoms with Crippen LogP contribution < -0.4 is 10.6 Å². The van der Waals surface area contributed by atoms with Crippen molar-refractivity contribution in [1.82, 2.24) is 20.4 Å². The molecular formula is C13H26N4O. The zero-order valence-electron chi connectivity index (χ0n) is 11.8. The second-order valence-electron chi connectivity index (χ2n) is 4.22. The minimum atomic E-state index is 0.766. The SMILES string of the molecule is CCc1cc(CNCCNCCOC)n(CC)n1. The zero-order valence-corrected chi connectivity index (χ0v) is 11.8. The summed E-state index contributed by atoms with van der Waals surface area (Å²) in [5.74, 6) is 0. The first-order valence-electron chi connectivity index (χ1n) is 6.77. The summed E-state index contributed by atoms with van der Waals surface area (Å²) in [5.41, 5.74) is 2.44. The minimum absolute atomic E-state index is 0.766.